The van der Waals surface area contributed by atoms with E-state index in [9.17, 15) is 14.4 Å². The molecule has 1 unspecified atom stereocenters. The Morgan fingerprint density at radius 1 is 1.23 bits per heavy atom. The highest BCUT2D eigenvalue weighted by Crippen LogP contribution is 2.33. The molecule has 0 aliphatic carbocycles. The minimum absolute atomic E-state index is 0.121. The fourth-order valence-corrected chi connectivity index (χ4v) is 3.78. The molecule has 3 amide bonds. The summed E-state index contributed by atoms with van der Waals surface area (Å²) < 4.78 is 0. The van der Waals surface area contributed by atoms with Crippen molar-refractivity contribution in [3.05, 3.63) is 23.2 Å². The van der Waals surface area contributed by atoms with Crippen LogP contribution in [0.1, 0.15) is 19.8 Å². The lowest BCUT2D eigenvalue weighted by Gasteiger charge is -2.36. The summed E-state index contributed by atoms with van der Waals surface area (Å²) in [5, 5.41) is 0.549. The molecule has 26 heavy (non-hydrogen) atoms. The number of carbonyl (C=O) groups excluding carboxylic acids is 3. The number of nitrogens with zero attached hydrogens (tertiary/aromatic N) is 3. The van der Waals surface area contributed by atoms with Crippen molar-refractivity contribution >= 4 is 40.7 Å². The molecule has 2 aliphatic rings. The maximum absolute atomic E-state index is 12.1. The van der Waals surface area contributed by atoms with E-state index in [4.69, 9.17) is 17.3 Å². The monoisotopic (exact) mass is 378 g/mol. The minimum atomic E-state index is -0.455. The summed E-state index contributed by atoms with van der Waals surface area (Å²) in [7, 11) is 0. The predicted octanol–water partition coefficient (Wildman–Crippen LogP) is 1.24. The number of piperazine rings is 1. The molecule has 3 rings (SSSR count). The number of rotatable bonds is 4. The van der Waals surface area contributed by atoms with Gasteiger partial charge in [-0.15, -0.1) is 0 Å². The van der Waals surface area contributed by atoms with Gasteiger partial charge in [-0.3, -0.25) is 14.4 Å². The van der Waals surface area contributed by atoms with E-state index in [1.807, 2.05) is 24.0 Å². The van der Waals surface area contributed by atoms with Crippen LogP contribution in [0, 0.1) is 5.92 Å². The van der Waals surface area contributed by atoms with E-state index in [1.54, 1.807) is 11.0 Å². The van der Waals surface area contributed by atoms with Crippen LogP contribution in [-0.4, -0.2) is 55.3 Å². The van der Waals surface area contributed by atoms with Gasteiger partial charge in [0.25, 0.3) is 0 Å². The van der Waals surface area contributed by atoms with Crippen LogP contribution in [0.4, 0.5) is 11.4 Å². The number of anilines is 2. The van der Waals surface area contributed by atoms with Gasteiger partial charge in [0.05, 0.1) is 16.6 Å². The molecule has 0 spiro atoms. The first kappa shape index (κ1) is 18.5. The summed E-state index contributed by atoms with van der Waals surface area (Å²) in [5.74, 6) is -0.861. The third-order valence-electron chi connectivity index (χ3n) is 5.05. The first-order valence-electron chi connectivity index (χ1n) is 8.82. The molecule has 2 N–H and O–H groups in total. The molecule has 1 aromatic carbocycles. The molecule has 8 heteroatoms. The van der Waals surface area contributed by atoms with Crippen LogP contribution in [0.2, 0.25) is 5.02 Å². The van der Waals surface area contributed by atoms with Crippen LogP contribution < -0.4 is 15.5 Å². The molecule has 0 radical (unpaired) electrons. The number of hydrogen-bond acceptors (Lipinski definition) is 4. The van der Waals surface area contributed by atoms with Gasteiger partial charge in [0, 0.05) is 51.3 Å². The Balaban J connectivity index is 1.70. The summed E-state index contributed by atoms with van der Waals surface area (Å²) in [4.78, 5) is 40.8. The third kappa shape index (κ3) is 3.62. The lowest BCUT2D eigenvalue weighted by molar-refractivity contribution is -0.131. The molecule has 140 valence electrons. The second-order valence-corrected chi connectivity index (χ2v) is 7.07. The van der Waals surface area contributed by atoms with E-state index in [-0.39, 0.29) is 18.2 Å². The average molecular weight is 379 g/mol. The van der Waals surface area contributed by atoms with Crippen molar-refractivity contribution < 1.29 is 14.4 Å². The van der Waals surface area contributed by atoms with Crippen molar-refractivity contribution in [2.45, 2.75) is 19.8 Å². The first-order valence-corrected chi connectivity index (χ1v) is 9.20. The maximum Gasteiger partial charge on any atom is 0.227 e. The van der Waals surface area contributed by atoms with E-state index in [0.29, 0.717) is 36.8 Å². The highest BCUT2D eigenvalue weighted by atomic mass is 35.5. The molecule has 7 nitrogen and oxygen atoms in total. The first-order chi connectivity index (χ1) is 12.4. The molecule has 2 aliphatic heterocycles. The topological polar surface area (TPSA) is 86.9 Å². The number of carbonyl (C=O) groups is 3. The maximum atomic E-state index is 12.1. The Morgan fingerprint density at radius 3 is 2.46 bits per heavy atom. The van der Waals surface area contributed by atoms with Gasteiger partial charge in [-0.05, 0) is 18.2 Å². The summed E-state index contributed by atoms with van der Waals surface area (Å²) in [6.45, 7) is 4.95. The summed E-state index contributed by atoms with van der Waals surface area (Å²) in [6, 6.07) is 5.48. The molecule has 2 fully saturated rings. The van der Waals surface area contributed by atoms with Crippen LogP contribution in [0.25, 0.3) is 0 Å². The average Bonchev–Trinajstić information content (AvgIpc) is 3.03. The Bertz CT molecular complexity index is 731. The van der Waals surface area contributed by atoms with Crippen LogP contribution in [0.5, 0.6) is 0 Å². The standard InChI is InChI=1S/C18H23ClN4O3/c1-2-16(24)22-7-5-21(6-8-22)15-4-3-13(10-14(15)19)23-11-12(18(20)26)9-17(23)25/h3-4,10,12H,2,5-9,11H2,1H3,(H2,20,26). The SMILES string of the molecule is CCC(=O)N1CCN(c2ccc(N3CC(C(N)=O)CC3=O)cc2Cl)CC1. The number of halogens is 1. The van der Waals surface area contributed by atoms with E-state index >= 15 is 0 Å². The third-order valence-corrected chi connectivity index (χ3v) is 5.35. The number of amides is 3. The largest absolute Gasteiger partial charge is 0.369 e. The van der Waals surface area contributed by atoms with Crippen molar-refractivity contribution in [2.24, 2.45) is 11.7 Å². The predicted molar refractivity (Wildman–Crippen MR) is 100 cm³/mol. The van der Waals surface area contributed by atoms with Crippen molar-refractivity contribution in [1.29, 1.82) is 0 Å². The zero-order valence-corrected chi connectivity index (χ0v) is 15.5. The van der Waals surface area contributed by atoms with E-state index in [2.05, 4.69) is 4.90 Å². The van der Waals surface area contributed by atoms with Gasteiger partial charge in [-0.25, -0.2) is 0 Å². The normalized spacial score (nSPS) is 20.6. The Morgan fingerprint density at radius 2 is 1.92 bits per heavy atom. The van der Waals surface area contributed by atoms with Crippen molar-refractivity contribution in [1.82, 2.24) is 4.90 Å². The number of primary amides is 1. The lowest BCUT2D eigenvalue weighted by Crippen LogP contribution is -2.48. The molecule has 0 aromatic heterocycles. The van der Waals surface area contributed by atoms with Gasteiger partial charge in [0.2, 0.25) is 17.7 Å². The molecule has 2 saturated heterocycles. The molecule has 2 heterocycles. The zero-order valence-electron chi connectivity index (χ0n) is 14.8. The van der Waals surface area contributed by atoms with Gasteiger partial charge in [-0.2, -0.15) is 0 Å². The second kappa shape index (κ2) is 7.53. The van der Waals surface area contributed by atoms with Gasteiger partial charge < -0.3 is 20.4 Å². The summed E-state index contributed by atoms with van der Waals surface area (Å²) in [5.41, 5.74) is 6.88. The minimum Gasteiger partial charge on any atom is -0.369 e. The highest BCUT2D eigenvalue weighted by Gasteiger charge is 2.34. The molecular weight excluding hydrogens is 356 g/mol. The zero-order chi connectivity index (χ0) is 18.8. The van der Waals surface area contributed by atoms with Gasteiger partial charge in [0.1, 0.15) is 0 Å². The number of nitrogens with two attached hydrogens (primary N) is 1. The Labute approximate surface area is 157 Å². The van der Waals surface area contributed by atoms with Crippen LogP contribution in [0.15, 0.2) is 18.2 Å². The van der Waals surface area contributed by atoms with E-state index < -0.39 is 11.8 Å². The second-order valence-electron chi connectivity index (χ2n) is 6.66. The van der Waals surface area contributed by atoms with Gasteiger partial charge in [-0.1, -0.05) is 18.5 Å². The quantitative estimate of drug-likeness (QED) is 0.853. The van der Waals surface area contributed by atoms with Gasteiger partial charge >= 0.3 is 0 Å². The lowest BCUT2D eigenvalue weighted by atomic mass is 10.1. The molecule has 0 bridgehead atoms. The van der Waals surface area contributed by atoms with Crippen LogP contribution in [0.3, 0.4) is 0 Å². The van der Waals surface area contributed by atoms with Crippen molar-refractivity contribution in [3.8, 4) is 0 Å². The molecule has 0 saturated carbocycles. The van der Waals surface area contributed by atoms with Crippen LogP contribution >= 0.6 is 11.6 Å². The number of hydrogen-bond donors (Lipinski definition) is 1. The Hall–Kier alpha value is -2.28. The molecule has 1 atom stereocenters. The summed E-state index contributed by atoms with van der Waals surface area (Å²) >= 11 is 6.46. The highest BCUT2D eigenvalue weighted by molar-refractivity contribution is 6.33. The smallest absolute Gasteiger partial charge is 0.227 e. The van der Waals surface area contributed by atoms with Crippen molar-refractivity contribution in [2.75, 3.05) is 42.5 Å². The number of benzene rings is 1. The van der Waals surface area contributed by atoms with Crippen LogP contribution in [-0.2, 0) is 14.4 Å². The summed E-state index contributed by atoms with van der Waals surface area (Å²) in [6.07, 6.45) is 0.660. The molecule has 1 aromatic rings. The van der Waals surface area contributed by atoms with Gasteiger partial charge in [0.15, 0.2) is 0 Å². The van der Waals surface area contributed by atoms with E-state index in [1.165, 1.54) is 0 Å². The fraction of sp³-hybridized carbons (Fsp3) is 0.500. The molecular formula is C18H23ClN4O3. The van der Waals surface area contributed by atoms with Crippen molar-refractivity contribution in [3.63, 3.8) is 0 Å². The van der Waals surface area contributed by atoms with E-state index in [0.717, 1.165) is 18.8 Å². The fourth-order valence-electron chi connectivity index (χ4n) is 3.49. The Kier molecular flexibility index (Phi) is 5.36.